The molecule has 118 valence electrons. The maximum absolute atomic E-state index is 13.9. The van der Waals surface area contributed by atoms with Gasteiger partial charge in [0.15, 0.2) is 12.1 Å². The molecule has 0 N–H and O–H groups in total. The lowest BCUT2D eigenvalue weighted by Gasteiger charge is -2.30. The van der Waals surface area contributed by atoms with E-state index in [0.29, 0.717) is 29.9 Å². The van der Waals surface area contributed by atoms with Gasteiger partial charge in [0.1, 0.15) is 5.75 Å². The van der Waals surface area contributed by atoms with Crippen LogP contribution in [0.3, 0.4) is 0 Å². The highest BCUT2D eigenvalue weighted by atomic mass is 19.1. The predicted octanol–water partition coefficient (Wildman–Crippen LogP) is 5.07. The molecule has 1 aromatic carbocycles. The van der Waals surface area contributed by atoms with E-state index in [0.717, 1.165) is 12.0 Å². The van der Waals surface area contributed by atoms with Crippen LogP contribution in [0.2, 0.25) is 0 Å². The molecule has 2 nitrogen and oxygen atoms in total. The number of allylic oxidation sites excluding steroid dienone is 3. The van der Waals surface area contributed by atoms with Crippen molar-refractivity contribution in [1.29, 1.82) is 0 Å². The van der Waals surface area contributed by atoms with Crippen LogP contribution in [-0.4, -0.2) is 12.9 Å². The largest absolute Gasteiger partial charge is 0.493 e. The van der Waals surface area contributed by atoms with Gasteiger partial charge in [0.05, 0.1) is 6.61 Å². The number of aldehydes is 1. The lowest BCUT2D eigenvalue weighted by Crippen LogP contribution is -2.20. The molecule has 0 radical (unpaired) electrons. The Morgan fingerprint density at radius 3 is 2.68 bits per heavy atom. The number of carbonyl (C=O) groups excluding carboxylic acids is 1. The molecular weight excluding hydrogens is 279 g/mol. The lowest BCUT2D eigenvalue weighted by molar-refractivity contribution is -0.106. The summed E-state index contributed by atoms with van der Waals surface area (Å²) < 4.78 is 19.7. The number of hydrogen-bond donors (Lipinski definition) is 0. The molecule has 0 bridgehead atoms. The van der Waals surface area contributed by atoms with Gasteiger partial charge in [-0.2, -0.15) is 0 Å². The van der Waals surface area contributed by atoms with Crippen molar-refractivity contribution in [3.8, 4) is 5.75 Å². The summed E-state index contributed by atoms with van der Waals surface area (Å²) in [6.07, 6.45) is 5.87. The Morgan fingerprint density at radius 1 is 1.36 bits per heavy atom. The van der Waals surface area contributed by atoms with Crippen molar-refractivity contribution in [2.24, 2.45) is 0 Å². The van der Waals surface area contributed by atoms with E-state index >= 15 is 0 Å². The third-order valence-corrected chi connectivity index (χ3v) is 4.18. The number of ether oxygens (including phenoxy) is 1. The van der Waals surface area contributed by atoms with Gasteiger partial charge in [0, 0.05) is 11.1 Å². The molecule has 0 aliphatic heterocycles. The van der Waals surface area contributed by atoms with E-state index in [1.807, 2.05) is 26.0 Å². The molecular formula is C19H23FO2. The summed E-state index contributed by atoms with van der Waals surface area (Å²) in [4.78, 5) is 10.9. The van der Waals surface area contributed by atoms with E-state index in [9.17, 15) is 9.18 Å². The van der Waals surface area contributed by atoms with Crippen molar-refractivity contribution in [3.63, 3.8) is 0 Å². The first-order chi connectivity index (χ1) is 10.4. The fraction of sp³-hybridized carbons (Fsp3) is 0.421. The Kier molecular flexibility index (Phi) is 4.84. The second-order valence-electron chi connectivity index (χ2n) is 6.16. The Bertz CT molecular complexity index is 639. The van der Waals surface area contributed by atoms with Gasteiger partial charge in [0.2, 0.25) is 0 Å². The van der Waals surface area contributed by atoms with E-state index in [2.05, 4.69) is 26.0 Å². The number of halogens is 1. The molecule has 1 aromatic rings. The van der Waals surface area contributed by atoms with Crippen LogP contribution in [0.1, 0.15) is 57.2 Å². The maximum Gasteiger partial charge on any atom is 0.178 e. The molecule has 1 aliphatic rings. The van der Waals surface area contributed by atoms with Crippen LogP contribution in [0.4, 0.5) is 4.39 Å². The molecule has 0 amide bonds. The summed E-state index contributed by atoms with van der Waals surface area (Å²) in [5, 5.41) is 0. The first-order valence-electron chi connectivity index (χ1n) is 7.76. The fourth-order valence-electron chi connectivity index (χ4n) is 2.98. The highest BCUT2D eigenvalue weighted by molar-refractivity contribution is 5.88. The second-order valence-corrected chi connectivity index (χ2v) is 6.16. The van der Waals surface area contributed by atoms with Crippen molar-refractivity contribution < 1.29 is 13.9 Å². The Hall–Kier alpha value is -1.90. The normalized spacial score (nSPS) is 16.8. The second kappa shape index (κ2) is 6.47. The smallest absolute Gasteiger partial charge is 0.178 e. The van der Waals surface area contributed by atoms with Gasteiger partial charge < -0.3 is 4.74 Å². The third kappa shape index (κ3) is 2.99. The number of benzene rings is 1. The van der Waals surface area contributed by atoms with Crippen molar-refractivity contribution in [1.82, 2.24) is 0 Å². The van der Waals surface area contributed by atoms with Crippen LogP contribution in [0.5, 0.6) is 5.75 Å². The molecule has 0 spiro atoms. The van der Waals surface area contributed by atoms with Gasteiger partial charge in [-0.3, -0.25) is 4.79 Å². The fourth-order valence-corrected chi connectivity index (χ4v) is 2.98. The Balaban J connectivity index is 2.70. The molecule has 2 rings (SSSR count). The van der Waals surface area contributed by atoms with Gasteiger partial charge in [-0.05, 0) is 48.4 Å². The summed E-state index contributed by atoms with van der Waals surface area (Å²) in [5.41, 5.74) is 3.37. The van der Waals surface area contributed by atoms with E-state index < -0.39 is 5.83 Å². The zero-order chi connectivity index (χ0) is 16.3. The molecule has 0 unspecified atom stereocenters. The van der Waals surface area contributed by atoms with Crippen LogP contribution in [0.25, 0.3) is 11.6 Å². The highest BCUT2D eigenvalue weighted by Gasteiger charge is 2.27. The molecule has 1 aliphatic carbocycles. The van der Waals surface area contributed by atoms with Gasteiger partial charge >= 0.3 is 0 Å². The van der Waals surface area contributed by atoms with Crippen molar-refractivity contribution in [3.05, 3.63) is 40.7 Å². The molecule has 0 saturated carbocycles. The number of carbonyl (C=O) groups is 1. The predicted molar refractivity (Wildman–Crippen MR) is 88.7 cm³/mol. The van der Waals surface area contributed by atoms with Crippen LogP contribution >= 0.6 is 0 Å². The maximum atomic E-state index is 13.9. The van der Waals surface area contributed by atoms with Gasteiger partial charge in [0.25, 0.3) is 0 Å². The molecule has 0 fully saturated rings. The molecule has 0 heterocycles. The van der Waals surface area contributed by atoms with E-state index in [-0.39, 0.29) is 11.7 Å². The monoisotopic (exact) mass is 302 g/mol. The lowest BCUT2D eigenvalue weighted by atomic mass is 9.75. The highest BCUT2D eigenvalue weighted by Crippen LogP contribution is 2.41. The van der Waals surface area contributed by atoms with Crippen LogP contribution in [0, 0.1) is 0 Å². The minimum absolute atomic E-state index is 0.0216. The zero-order valence-electron chi connectivity index (χ0n) is 13.7. The molecule has 0 atom stereocenters. The van der Waals surface area contributed by atoms with Crippen molar-refractivity contribution >= 4 is 17.9 Å². The minimum atomic E-state index is -0.720. The van der Waals surface area contributed by atoms with E-state index in [4.69, 9.17) is 4.74 Å². The molecule has 0 saturated heterocycles. The average Bonchev–Trinajstić information content (AvgIpc) is 2.48. The van der Waals surface area contributed by atoms with Crippen molar-refractivity contribution in [2.45, 2.75) is 46.0 Å². The standard InChI is InChI=1S/C19H23FO2/c1-5-14(17(20)12-21)15-10-13-8-7-9-19(3,4)16(13)11-18(15)22-6-2/h7-8,10-12H,5-6,9H2,1-4H3. The zero-order valence-corrected chi connectivity index (χ0v) is 13.7. The average molecular weight is 302 g/mol. The van der Waals surface area contributed by atoms with E-state index in [1.165, 1.54) is 5.56 Å². The Labute approximate surface area is 131 Å². The van der Waals surface area contributed by atoms with Crippen LogP contribution in [0.15, 0.2) is 24.0 Å². The Morgan fingerprint density at radius 2 is 2.09 bits per heavy atom. The SMILES string of the molecule is CCOc1cc2c(cc1C(CC)=C(F)C=O)C=CCC2(C)C. The molecule has 0 aromatic heterocycles. The van der Waals surface area contributed by atoms with Gasteiger partial charge in [-0.25, -0.2) is 4.39 Å². The summed E-state index contributed by atoms with van der Waals surface area (Å²) in [6, 6.07) is 3.95. The number of hydrogen-bond acceptors (Lipinski definition) is 2. The summed E-state index contributed by atoms with van der Waals surface area (Å²) in [6.45, 7) is 8.62. The topological polar surface area (TPSA) is 26.3 Å². The van der Waals surface area contributed by atoms with Gasteiger partial charge in [-0.15, -0.1) is 0 Å². The first kappa shape index (κ1) is 16.5. The first-order valence-corrected chi connectivity index (χ1v) is 7.76. The van der Waals surface area contributed by atoms with Crippen LogP contribution < -0.4 is 4.74 Å². The number of rotatable bonds is 5. The summed E-state index contributed by atoms with van der Waals surface area (Å²) in [7, 11) is 0. The minimum Gasteiger partial charge on any atom is -0.493 e. The third-order valence-electron chi connectivity index (χ3n) is 4.18. The van der Waals surface area contributed by atoms with Gasteiger partial charge in [-0.1, -0.05) is 32.9 Å². The van der Waals surface area contributed by atoms with Crippen LogP contribution in [-0.2, 0) is 10.2 Å². The quantitative estimate of drug-likeness (QED) is 0.560. The summed E-state index contributed by atoms with van der Waals surface area (Å²) >= 11 is 0. The number of fused-ring (bicyclic) bond motifs is 1. The molecule has 22 heavy (non-hydrogen) atoms. The summed E-state index contributed by atoms with van der Waals surface area (Å²) in [5.74, 6) is -0.0686. The molecule has 3 heteroatoms. The van der Waals surface area contributed by atoms with E-state index in [1.54, 1.807) is 0 Å². The van der Waals surface area contributed by atoms with Crippen molar-refractivity contribution in [2.75, 3.05) is 6.61 Å².